The van der Waals surface area contributed by atoms with Crippen LogP contribution in [0.1, 0.15) is 259 Å². The Kier molecular flexibility index (Phi) is 37.2. The van der Waals surface area contributed by atoms with Crippen molar-refractivity contribution < 1.29 is 0 Å². The van der Waals surface area contributed by atoms with E-state index in [1.807, 2.05) is 5.92 Å². The Morgan fingerprint density at radius 1 is 0.262 bits per heavy atom. The van der Waals surface area contributed by atoms with Gasteiger partial charge in [-0.1, -0.05) is 233 Å². The van der Waals surface area contributed by atoms with Gasteiger partial charge < -0.3 is 0 Å². The highest BCUT2D eigenvalue weighted by Gasteiger charge is 2.21. The van der Waals surface area contributed by atoms with Gasteiger partial charge in [-0.2, -0.15) is 0 Å². The molecule has 0 fully saturated rings. The minimum atomic E-state index is 0.944. The third-order valence-electron chi connectivity index (χ3n) is 10.1. The van der Waals surface area contributed by atoms with Crippen LogP contribution in [0.25, 0.3) is 0 Å². The van der Waals surface area contributed by atoms with Crippen molar-refractivity contribution in [2.24, 2.45) is 5.92 Å². The Morgan fingerprint density at radius 2 is 0.476 bits per heavy atom. The van der Waals surface area contributed by atoms with Gasteiger partial charge in [-0.15, -0.1) is 0 Å². The minimum Gasteiger partial charge on any atom is -0.0654 e. The lowest BCUT2D eigenvalue weighted by atomic mass is 9.78. The zero-order valence-electron chi connectivity index (χ0n) is 30.5. The Hall–Kier alpha value is 0. The van der Waals surface area contributed by atoms with Gasteiger partial charge in [0.15, 0.2) is 0 Å². The molecule has 1 radical (unpaired) electrons. The van der Waals surface area contributed by atoms with E-state index in [1.54, 1.807) is 0 Å². The number of hydrogen-bond donors (Lipinski definition) is 0. The number of unbranched alkanes of at least 4 members (excludes halogenated alkanes) is 28. The fourth-order valence-corrected chi connectivity index (χ4v) is 7.11. The quantitative estimate of drug-likeness (QED) is 0.0632. The van der Waals surface area contributed by atoms with Gasteiger partial charge in [0, 0.05) is 0 Å². The van der Waals surface area contributed by atoms with Gasteiger partial charge in [0.25, 0.3) is 0 Å². The average Bonchev–Trinajstić information content (AvgIpc) is 3.00. The second kappa shape index (κ2) is 37.2. The van der Waals surface area contributed by atoms with Gasteiger partial charge >= 0.3 is 0 Å². The lowest BCUT2D eigenvalue weighted by Crippen LogP contribution is -2.14. The van der Waals surface area contributed by atoms with Crippen molar-refractivity contribution in [2.75, 3.05) is 0 Å². The molecule has 0 heterocycles. The van der Waals surface area contributed by atoms with Gasteiger partial charge in [-0.25, -0.2) is 0 Å². The summed E-state index contributed by atoms with van der Waals surface area (Å²) in [6, 6.07) is 0. The first-order chi connectivity index (χ1) is 20.8. The van der Waals surface area contributed by atoms with E-state index in [0.29, 0.717) is 0 Å². The number of rotatable bonds is 37. The largest absolute Gasteiger partial charge is 0.0654 e. The third-order valence-corrected chi connectivity index (χ3v) is 10.1. The molecule has 0 spiro atoms. The average molecular weight is 590 g/mol. The van der Waals surface area contributed by atoms with E-state index in [2.05, 4.69) is 27.7 Å². The van der Waals surface area contributed by atoms with Crippen molar-refractivity contribution >= 4 is 0 Å². The summed E-state index contributed by atoms with van der Waals surface area (Å²) in [5.41, 5.74) is 0. The molecule has 0 nitrogen and oxygen atoms in total. The SMILES string of the molecule is CCCCCCCCCCC[C](CCCCCCCCCC)C(CCCCCCCCC)CCCCCCCCCC. The van der Waals surface area contributed by atoms with Crippen LogP contribution < -0.4 is 0 Å². The van der Waals surface area contributed by atoms with E-state index in [9.17, 15) is 0 Å². The first kappa shape index (κ1) is 42.0. The van der Waals surface area contributed by atoms with Gasteiger partial charge in [0.1, 0.15) is 0 Å². The van der Waals surface area contributed by atoms with Crippen molar-refractivity contribution in [2.45, 2.75) is 259 Å². The molecule has 0 rings (SSSR count). The molecular formula is C42H85. The summed E-state index contributed by atoms with van der Waals surface area (Å²) < 4.78 is 0. The highest BCUT2D eigenvalue weighted by atomic mass is 14.3. The molecule has 0 heteroatoms. The second-order valence-electron chi connectivity index (χ2n) is 14.3. The Labute approximate surface area is 270 Å². The molecule has 0 bridgehead atoms. The predicted molar refractivity (Wildman–Crippen MR) is 196 cm³/mol. The highest BCUT2D eigenvalue weighted by molar-refractivity contribution is 4.96. The molecule has 1 atom stereocenters. The summed E-state index contributed by atoms with van der Waals surface area (Å²) in [6.07, 6.45) is 52.7. The molecule has 0 aromatic carbocycles. The van der Waals surface area contributed by atoms with Crippen LogP contribution in [-0.4, -0.2) is 0 Å². The monoisotopic (exact) mass is 590 g/mol. The molecule has 0 amide bonds. The topological polar surface area (TPSA) is 0 Å². The molecule has 0 N–H and O–H groups in total. The van der Waals surface area contributed by atoms with E-state index in [0.717, 1.165) is 5.92 Å². The second-order valence-corrected chi connectivity index (χ2v) is 14.3. The lowest BCUT2D eigenvalue weighted by molar-refractivity contribution is 0.371. The van der Waals surface area contributed by atoms with Crippen molar-refractivity contribution in [3.63, 3.8) is 0 Å². The lowest BCUT2D eigenvalue weighted by Gasteiger charge is -2.28. The molecule has 0 aliphatic carbocycles. The van der Waals surface area contributed by atoms with Crippen LogP contribution in [0, 0.1) is 11.8 Å². The summed E-state index contributed by atoms with van der Waals surface area (Å²) in [4.78, 5) is 0. The molecule has 1 unspecified atom stereocenters. The normalized spacial score (nSPS) is 12.5. The summed E-state index contributed by atoms with van der Waals surface area (Å²) >= 11 is 0. The molecule has 0 saturated carbocycles. The minimum absolute atomic E-state index is 0.944. The van der Waals surface area contributed by atoms with Gasteiger partial charge in [0.05, 0.1) is 0 Å². The van der Waals surface area contributed by atoms with Crippen molar-refractivity contribution in [1.29, 1.82) is 0 Å². The third kappa shape index (κ3) is 31.4. The van der Waals surface area contributed by atoms with Crippen molar-refractivity contribution in [3.05, 3.63) is 5.92 Å². The van der Waals surface area contributed by atoms with Gasteiger partial charge in [0.2, 0.25) is 0 Å². The molecule has 0 aliphatic rings. The first-order valence-corrected chi connectivity index (χ1v) is 20.6. The van der Waals surface area contributed by atoms with Crippen LogP contribution in [-0.2, 0) is 0 Å². The summed E-state index contributed by atoms with van der Waals surface area (Å²) in [5, 5.41) is 0. The van der Waals surface area contributed by atoms with E-state index in [4.69, 9.17) is 0 Å². The molecule has 253 valence electrons. The van der Waals surface area contributed by atoms with Crippen molar-refractivity contribution in [1.82, 2.24) is 0 Å². The van der Waals surface area contributed by atoms with Crippen LogP contribution in [0.3, 0.4) is 0 Å². The maximum Gasteiger partial charge on any atom is -0.0210 e. The maximum atomic E-state index is 2.34. The van der Waals surface area contributed by atoms with Crippen LogP contribution in [0.4, 0.5) is 0 Å². The fourth-order valence-electron chi connectivity index (χ4n) is 7.11. The summed E-state index contributed by atoms with van der Waals surface area (Å²) in [7, 11) is 0. The van der Waals surface area contributed by atoms with Gasteiger partial charge in [-0.05, 0) is 37.5 Å². The van der Waals surface area contributed by atoms with E-state index in [1.165, 1.54) is 231 Å². The molecule has 0 aliphatic heterocycles. The Bertz CT molecular complexity index is 453. The predicted octanol–water partition coefficient (Wildman–Crippen LogP) is 16.3. The highest BCUT2D eigenvalue weighted by Crippen LogP contribution is 2.35. The summed E-state index contributed by atoms with van der Waals surface area (Å²) in [5.74, 6) is 2.97. The molecular weight excluding hydrogens is 504 g/mol. The van der Waals surface area contributed by atoms with E-state index >= 15 is 0 Å². The van der Waals surface area contributed by atoms with Crippen LogP contribution in [0.5, 0.6) is 0 Å². The smallest absolute Gasteiger partial charge is 0.0210 e. The van der Waals surface area contributed by atoms with Crippen LogP contribution in [0.15, 0.2) is 0 Å². The Balaban J connectivity index is 4.73. The zero-order valence-corrected chi connectivity index (χ0v) is 30.5. The van der Waals surface area contributed by atoms with E-state index < -0.39 is 0 Å². The molecule has 42 heavy (non-hydrogen) atoms. The maximum absolute atomic E-state index is 2.34. The number of hydrogen-bond acceptors (Lipinski definition) is 0. The molecule has 0 saturated heterocycles. The molecule has 0 aromatic rings. The van der Waals surface area contributed by atoms with E-state index in [-0.39, 0.29) is 0 Å². The first-order valence-electron chi connectivity index (χ1n) is 20.6. The van der Waals surface area contributed by atoms with Crippen LogP contribution >= 0.6 is 0 Å². The van der Waals surface area contributed by atoms with Crippen molar-refractivity contribution in [3.8, 4) is 0 Å². The molecule has 0 aromatic heterocycles. The standard InChI is InChI=1S/C42H85/c1-5-9-13-17-21-24-28-32-36-40-42(39-35-31-27-23-19-15-11-7-3)41(37-33-29-25-20-16-12-8-4)38-34-30-26-22-18-14-10-6-2/h41H,5-40H2,1-4H3. The van der Waals surface area contributed by atoms with Crippen LogP contribution in [0.2, 0.25) is 0 Å². The van der Waals surface area contributed by atoms with Gasteiger partial charge in [-0.3, -0.25) is 0 Å². The fraction of sp³-hybridized carbons (Fsp3) is 0.976. The Morgan fingerprint density at radius 3 is 0.738 bits per heavy atom. The summed E-state index contributed by atoms with van der Waals surface area (Å²) in [6.45, 7) is 9.34. The zero-order chi connectivity index (χ0) is 30.6.